The Bertz CT molecular complexity index is 918. The summed E-state index contributed by atoms with van der Waals surface area (Å²) in [6.07, 6.45) is 8.49. The van der Waals surface area contributed by atoms with Crippen LogP contribution in [0, 0.1) is 11.3 Å². The molecule has 4 heteroatoms. The fourth-order valence-corrected chi connectivity index (χ4v) is 4.17. The molecule has 2 aromatic rings. The van der Waals surface area contributed by atoms with Gasteiger partial charge in [0.1, 0.15) is 5.84 Å². The molecule has 0 aliphatic heterocycles. The predicted octanol–water partition coefficient (Wildman–Crippen LogP) is 6.11. The highest BCUT2D eigenvalue weighted by molar-refractivity contribution is 5.91. The zero-order valence-corrected chi connectivity index (χ0v) is 18.1. The third-order valence-electron chi connectivity index (χ3n) is 5.96. The molecule has 0 saturated heterocycles. The minimum atomic E-state index is -0.0325. The van der Waals surface area contributed by atoms with Crippen LogP contribution in [0.5, 0.6) is 0 Å². The maximum atomic E-state index is 12.0. The van der Waals surface area contributed by atoms with Crippen LogP contribution in [0.1, 0.15) is 69.9 Å². The lowest BCUT2D eigenvalue weighted by atomic mass is 9.99. The number of benzene rings is 2. The second-order valence-electron chi connectivity index (χ2n) is 8.42. The summed E-state index contributed by atoms with van der Waals surface area (Å²) in [5.74, 6) is 0.912. The molecule has 0 bridgehead atoms. The smallest absolute Gasteiger partial charge is 0.215 e. The van der Waals surface area contributed by atoms with Crippen LogP contribution in [-0.4, -0.2) is 22.7 Å². The molecule has 1 aliphatic rings. The summed E-state index contributed by atoms with van der Waals surface area (Å²) < 4.78 is 0. The normalized spacial score (nSPS) is 15.6. The highest BCUT2D eigenvalue weighted by Gasteiger charge is 2.29. The molecule has 0 N–H and O–H groups in total. The van der Waals surface area contributed by atoms with Crippen LogP contribution in [0.3, 0.4) is 0 Å². The second-order valence-corrected chi connectivity index (χ2v) is 8.42. The van der Waals surface area contributed by atoms with E-state index < -0.39 is 0 Å². The van der Waals surface area contributed by atoms with Crippen LogP contribution < -0.4 is 0 Å². The molecular weight excluding hydrogens is 370 g/mol. The van der Waals surface area contributed by atoms with Crippen molar-refractivity contribution in [3.05, 3.63) is 59.7 Å². The standard InChI is InChI=1S/C26H31N3O/c1-3-4-11-25(28-26(2)16-7-8-17-26)29(20-30)19-21-12-14-22(15-13-21)24-10-6-5-9-23(24)18-27/h5-6,9-10,12-15,20H,3-4,7-8,11,16-17,19H2,1-2H3. The number of nitrogens with zero attached hydrogens (tertiary/aromatic N) is 3. The topological polar surface area (TPSA) is 56.5 Å². The summed E-state index contributed by atoms with van der Waals surface area (Å²) in [4.78, 5) is 18.8. The van der Waals surface area contributed by atoms with Gasteiger partial charge in [-0.2, -0.15) is 5.26 Å². The number of nitriles is 1. The molecule has 30 heavy (non-hydrogen) atoms. The molecule has 0 radical (unpaired) electrons. The molecule has 0 spiro atoms. The van der Waals surface area contributed by atoms with Crippen molar-refractivity contribution in [2.45, 2.75) is 70.9 Å². The third-order valence-corrected chi connectivity index (χ3v) is 5.96. The van der Waals surface area contributed by atoms with Crippen LogP contribution in [0.25, 0.3) is 11.1 Å². The van der Waals surface area contributed by atoms with Crippen molar-refractivity contribution < 1.29 is 4.79 Å². The molecule has 0 heterocycles. The minimum Gasteiger partial charge on any atom is -0.299 e. The lowest BCUT2D eigenvalue weighted by Gasteiger charge is -2.26. The predicted molar refractivity (Wildman–Crippen MR) is 122 cm³/mol. The maximum absolute atomic E-state index is 12.0. The van der Waals surface area contributed by atoms with E-state index in [1.54, 1.807) is 4.90 Å². The highest BCUT2D eigenvalue weighted by atomic mass is 16.1. The number of amidine groups is 1. The van der Waals surface area contributed by atoms with Gasteiger partial charge >= 0.3 is 0 Å². The number of unbranched alkanes of at least 4 members (excludes halogenated alkanes) is 1. The van der Waals surface area contributed by atoms with Gasteiger partial charge in [0.2, 0.25) is 6.41 Å². The van der Waals surface area contributed by atoms with E-state index in [-0.39, 0.29) is 5.54 Å². The van der Waals surface area contributed by atoms with Crippen LogP contribution in [-0.2, 0) is 11.3 Å². The van der Waals surface area contributed by atoms with E-state index in [0.717, 1.165) is 61.0 Å². The largest absolute Gasteiger partial charge is 0.299 e. The van der Waals surface area contributed by atoms with Crippen LogP contribution in [0.2, 0.25) is 0 Å². The van der Waals surface area contributed by atoms with Crippen molar-refractivity contribution in [2.75, 3.05) is 0 Å². The first kappa shape index (κ1) is 21.8. The Labute approximate surface area is 180 Å². The lowest BCUT2D eigenvalue weighted by molar-refractivity contribution is -0.115. The summed E-state index contributed by atoms with van der Waals surface area (Å²) in [5, 5.41) is 9.35. The van der Waals surface area contributed by atoms with Crippen molar-refractivity contribution in [1.29, 1.82) is 5.26 Å². The van der Waals surface area contributed by atoms with Gasteiger partial charge in [0.05, 0.1) is 23.7 Å². The zero-order valence-electron chi connectivity index (χ0n) is 18.1. The van der Waals surface area contributed by atoms with E-state index in [1.807, 2.05) is 48.5 Å². The molecule has 1 amide bonds. The summed E-state index contributed by atoms with van der Waals surface area (Å²) >= 11 is 0. The van der Waals surface area contributed by atoms with Gasteiger partial charge in [-0.1, -0.05) is 68.7 Å². The Balaban J connectivity index is 1.80. The van der Waals surface area contributed by atoms with Crippen LogP contribution in [0.4, 0.5) is 0 Å². The first-order valence-electron chi connectivity index (χ1n) is 11.0. The molecule has 0 aromatic heterocycles. The molecule has 2 aromatic carbocycles. The summed E-state index contributed by atoms with van der Waals surface area (Å²) in [5.41, 5.74) is 3.62. The fraction of sp³-hybridized carbons (Fsp3) is 0.423. The Hall–Kier alpha value is -2.93. The Kier molecular flexibility index (Phi) is 7.41. The van der Waals surface area contributed by atoms with Gasteiger partial charge in [0, 0.05) is 6.42 Å². The SMILES string of the molecule is CCCCC(=NC1(C)CCCC1)N(C=O)Cc1ccc(-c2ccccc2C#N)cc1. The number of amides is 1. The highest BCUT2D eigenvalue weighted by Crippen LogP contribution is 2.33. The maximum Gasteiger partial charge on any atom is 0.215 e. The summed E-state index contributed by atoms with van der Waals surface area (Å²) in [6, 6.07) is 18.0. The number of hydrogen-bond acceptors (Lipinski definition) is 3. The van der Waals surface area contributed by atoms with Crippen LogP contribution in [0.15, 0.2) is 53.5 Å². The summed E-state index contributed by atoms with van der Waals surface area (Å²) in [6.45, 7) is 4.90. The Morgan fingerprint density at radius 1 is 1.17 bits per heavy atom. The number of aliphatic imine (C=N–C) groups is 1. The first-order chi connectivity index (χ1) is 14.6. The van der Waals surface area contributed by atoms with Gasteiger partial charge in [-0.25, -0.2) is 0 Å². The van der Waals surface area contributed by atoms with Crippen molar-refractivity contribution >= 4 is 12.2 Å². The fourth-order valence-electron chi connectivity index (χ4n) is 4.17. The molecule has 3 rings (SSSR count). The molecule has 0 unspecified atom stereocenters. The molecule has 4 nitrogen and oxygen atoms in total. The van der Waals surface area contributed by atoms with Gasteiger partial charge < -0.3 is 0 Å². The first-order valence-corrected chi connectivity index (χ1v) is 11.0. The van der Waals surface area contributed by atoms with Crippen molar-refractivity contribution in [3.8, 4) is 17.2 Å². The molecule has 0 atom stereocenters. The monoisotopic (exact) mass is 401 g/mol. The van der Waals surface area contributed by atoms with Crippen molar-refractivity contribution in [2.24, 2.45) is 4.99 Å². The van der Waals surface area contributed by atoms with Crippen molar-refractivity contribution in [3.63, 3.8) is 0 Å². The molecular formula is C26H31N3O. The Morgan fingerprint density at radius 3 is 2.50 bits per heavy atom. The van der Waals surface area contributed by atoms with Gasteiger partial charge in [-0.3, -0.25) is 14.7 Å². The average Bonchev–Trinajstić information content (AvgIpc) is 3.21. The zero-order chi connectivity index (χ0) is 21.4. The van der Waals surface area contributed by atoms with E-state index >= 15 is 0 Å². The lowest BCUT2D eigenvalue weighted by Crippen LogP contribution is -2.32. The van der Waals surface area contributed by atoms with Gasteiger partial charge in [-0.15, -0.1) is 0 Å². The van der Waals surface area contributed by atoms with Crippen LogP contribution >= 0.6 is 0 Å². The molecule has 1 saturated carbocycles. The van der Waals surface area contributed by atoms with Gasteiger partial charge in [0.25, 0.3) is 0 Å². The molecule has 1 fully saturated rings. The quantitative estimate of drug-likeness (QED) is 0.305. The average molecular weight is 402 g/mol. The van der Waals surface area contributed by atoms with E-state index in [0.29, 0.717) is 12.1 Å². The molecule has 1 aliphatic carbocycles. The van der Waals surface area contributed by atoms with Gasteiger partial charge in [0.15, 0.2) is 0 Å². The number of rotatable bonds is 8. The Morgan fingerprint density at radius 2 is 1.87 bits per heavy atom. The van der Waals surface area contributed by atoms with E-state index in [4.69, 9.17) is 4.99 Å². The number of carbonyl (C=O) groups excluding carboxylic acids is 1. The van der Waals surface area contributed by atoms with E-state index in [9.17, 15) is 10.1 Å². The summed E-state index contributed by atoms with van der Waals surface area (Å²) in [7, 11) is 0. The molecule has 156 valence electrons. The van der Waals surface area contributed by atoms with E-state index in [2.05, 4.69) is 19.9 Å². The minimum absolute atomic E-state index is 0.0325. The second kappa shape index (κ2) is 10.2. The van der Waals surface area contributed by atoms with E-state index in [1.165, 1.54) is 12.8 Å². The number of hydrogen-bond donors (Lipinski definition) is 0. The third kappa shape index (κ3) is 5.36. The number of carbonyl (C=O) groups is 1. The van der Waals surface area contributed by atoms with Crippen molar-refractivity contribution in [1.82, 2.24) is 4.90 Å². The van der Waals surface area contributed by atoms with Gasteiger partial charge in [-0.05, 0) is 48.9 Å².